The van der Waals surface area contributed by atoms with Gasteiger partial charge in [-0.2, -0.15) is 0 Å². The van der Waals surface area contributed by atoms with E-state index >= 15 is 0 Å². The number of benzene rings is 1. The van der Waals surface area contributed by atoms with Gasteiger partial charge in [0.05, 0.1) is 6.61 Å². The monoisotopic (exact) mass is 377 g/mol. The molecule has 0 atom stereocenters. The van der Waals surface area contributed by atoms with Gasteiger partial charge < -0.3 is 9.84 Å². The number of ether oxygens (including phenoxy) is 1. The lowest BCUT2D eigenvalue weighted by atomic mass is 10.0. The fourth-order valence-corrected chi connectivity index (χ4v) is 4.06. The molecule has 0 spiro atoms. The van der Waals surface area contributed by atoms with E-state index in [2.05, 4.69) is 20.7 Å². The Hall–Kier alpha value is -0.630. The third kappa shape index (κ3) is 4.18. The van der Waals surface area contributed by atoms with E-state index in [1.807, 2.05) is 6.92 Å². The van der Waals surface area contributed by atoms with Crippen LogP contribution in [0.3, 0.4) is 0 Å². The van der Waals surface area contributed by atoms with E-state index < -0.39 is 10.0 Å². The number of rotatable bonds is 8. The van der Waals surface area contributed by atoms with Gasteiger partial charge in [-0.25, -0.2) is 13.1 Å². The second-order valence-corrected chi connectivity index (χ2v) is 7.97. The molecule has 0 heterocycles. The van der Waals surface area contributed by atoms with E-state index in [-0.39, 0.29) is 16.9 Å². The highest BCUT2D eigenvalue weighted by Crippen LogP contribution is 2.48. The molecule has 1 aromatic carbocycles. The average molecular weight is 378 g/mol. The van der Waals surface area contributed by atoms with Crippen molar-refractivity contribution in [1.29, 1.82) is 0 Å². The minimum atomic E-state index is -3.63. The highest BCUT2D eigenvalue weighted by molar-refractivity contribution is 9.10. The maximum absolute atomic E-state index is 12.5. The van der Waals surface area contributed by atoms with Gasteiger partial charge in [-0.3, -0.25) is 0 Å². The van der Waals surface area contributed by atoms with Crippen LogP contribution in [-0.4, -0.2) is 33.3 Å². The molecule has 1 saturated carbocycles. The van der Waals surface area contributed by atoms with Gasteiger partial charge in [0.1, 0.15) is 10.6 Å². The van der Waals surface area contributed by atoms with Gasteiger partial charge in [0.25, 0.3) is 0 Å². The molecule has 0 aliphatic heterocycles. The molecule has 0 bridgehead atoms. The summed E-state index contributed by atoms with van der Waals surface area (Å²) < 4.78 is 33.7. The molecule has 1 aromatic rings. The minimum Gasteiger partial charge on any atom is -0.492 e. The largest absolute Gasteiger partial charge is 0.492 e. The molecule has 0 saturated heterocycles. The van der Waals surface area contributed by atoms with Crippen molar-refractivity contribution >= 4 is 26.0 Å². The van der Waals surface area contributed by atoms with Gasteiger partial charge in [-0.15, -0.1) is 0 Å². The molecule has 0 amide bonds. The average Bonchev–Trinajstić information content (AvgIpc) is 3.20. The van der Waals surface area contributed by atoms with Crippen LogP contribution in [0.4, 0.5) is 0 Å². The number of sulfonamides is 1. The summed E-state index contributed by atoms with van der Waals surface area (Å²) in [5.41, 5.74) is -0.0698. The van der Waals surface area contributed by atoms with Gasteiger partial charge in [-0.05, 0) is 49.8 Å². The van der Waals surface area contributed by atoms with E-state index in [4.69, 9.17) is 9.84 Å². The molecule has 0 aromatic heterocycles. The first-order chi connectivity index (χ1) is 9.92. The predicted molar refractivity (Wildman–Crippen MR) is 83.9 cm³/mol. The van der Waals surface area contributed by atoms with E-state index in [1.165, 1.54) is 0 Å². The second-order valence-electron chi connectivity index (χ2n) is 5.32. The molecular formula is C14H20BrNO4S. The number of aliphatic hydroxyl groups is 1. The molecule has 1 aliphatic rings. The number of hydrogen-bond donors (Lipinski definition) is 2. The number of aliphatic hydroxyl groups excluding tert-OH is 1. The van der Waals surface area contributed by atoms with Crippen LogP contribution < -0.4 is 9.46 Å². The van der Waals surface area contributed by atoms with Crippen LogP contribution in [0.1, 0.15) is 26.2 Å². The van der Waals surface area contributed by atoms with E-state index in [0.717, 1.165) is 12.8 Å². The topological polar surface area (TPSA) is 75.6 Å². The van der Waals surface area contributed by atoms with Crippen molar-refractivity contribution in [3.05, 3.63) is 22.7 Å². The zero-order valence-corrected chi connectivity index (χ0v) is 14.3. The minimum absolute atomic E-state index is 0.0698. The van der Waals surface area contributed by atoms with Crippen LogP contribution in [0.2, 0.25) is 0 Å². The summed E-state index contributed by atoms with van der Waals surface area (Å²) in [6.45, 7) is 2.65. The van der Waals surface area contributed by atoms with Gasteiger partial charge in [0.2, 0.25) is 10.0 Å². The van der Waals surface area contributed by atoms with Crippen LogP contribution in [0.5, 0.6) is 5.75 Å². The van der Waals surface area contributed by atoms with Crippen molar-refractivity contribution in [2.24, 2.45) is 5.41 Å². The van der Waals surface area contributed by atoms with E-state index in [9.17, 15) is 8.42 Å². The summed E-state index contributed by atoms with van der Waals surface area (Å²) in [4.78, 5) is 0.138. The lowest BCUT2D eigenvalue weighted by Gasteiger charge is -2.16. The molecule has 2 N–H and O–H groups in total. The summed E-state index contributed by atoms with van der Waals surface area (Å²) >= 11 is 3.29. The number of nitrogens with one attached hydrogen (secondary N) is 1. The Labute approximate surface area is 133 Å². The number of halogens is 1. The van der Waals surface area contributed by atoms with Crippen molar-refractivity contribution in [2.75, 3.05) is 19.8 Å². The Morgan fingerprint density at radius 3 is 2.71 bits per heavy atom. The van der Waals surface area contributed by atoms with E-state index in [0.29, 0.717) is 29.8 Å². The lowest BCUT2D eigenvalue weighted by molar-refractivity contribution is 0.249. The molecule has 0 unspecified atom stereocenters. The Kier molecular flexibility index (Phi) is 5.29. The van der Waals surface area contributed by atoms with E-state index in [1.54, 1.807) is 18.2 Å². The third-order valence-electron chi connectivity index (χ3n) is 3.73. The molecule has 21 heavy (non-hydrogen) atoms. The zero-order valence-electron chi connectivity index (χ0n) is 11.9. The molecule has 7 heteroatoms. The van der Waals surface area contributed by atoms with Crippen LogP contribution in [-0.2, 0) is 10.0 Å². The van der Waals surface area contributed by atoms with Gasteiger partial charge in [-0.1, -0.05) is 15.9 Å². The molecule has 1 aliphatic carbocycles. The Morgan fingerprint density at radius 1 is 1.43 bits per heavy atom. The zero-order chi connectivity index (χ0) is 15.5. The van der Waals surface area contributed by atoms with Crippen molar-refractivity contribution in [3.8, 4) is 5.75 Å². The quantitative estimate of drug-likeness (QED) is 0.728. The molecule has 118 valence electrons. The van der Waals surface area contributed by atoms with Crippen molar-refractivity contribution in [2.45, 2.75) is 31.1 Å². The lowest BCUT2D eigenvalue weighted by Crippen LogP contribution is -2.31. The van der Waals surface area contributed by atoms with Crippen molar-refractivity contribution < 1.29 is 18.3 Å². The molecule has 1 fully saturated rings. The summed E-state index contributed by atoms with van der Waals surface area (Å²) in [6.07, 6.45) is 2.53. The highest BCUT2D eigenvalue weighted by atomic mass is 79.9. The van der Waals surface area contributed by atoms with Gasteiger partial charge >= 0.3 is 0 Å². The Balaban J connectivity index is 2.17. The van der Waals surface area contributed by atoms with Crippen LogP contribution >= 0.6 is 15.9 Å². The summed E-state index contributed by atoms with van der Waals surface area (Å²) in [7, 11) is -3.63. The molecular weight excluding hydrogens is 358 g/mol. The maximum Gasteiger partial charge on any atom is 0.244 e. The maximum atomic E-state index is 12.5. The van der Waals surface area contributed by atoms with Crippen LogP contribution in [0, 0.1) is 5.41 Å². The van der Waals surface area contributed by atoms with Crippen LogP contribution in [0.15, 0.2) is 27.6 Å². The smallest absolute Gasteiger partial charge is 0.244 e. The molecule has 2 rings (SSSR count). The standard InChI is InChI=1S/C14H20BrNO4S/c1-2-20-12-4-3-11(15)9-13(12)21(18,19)16-10-14(5-6-14)7-8-17/h3-4,9,16-17H,2,5-8,10H2,1H3. The normalized spacial score (nSPS) is 16.7. The Morgan fingerprint density at radius 2 is 2.14 bits per heavy atom. The molecule has 0 radical (unpaired) electrons. The highest BCUT2D eigenvalue weighted by Gasteiger charge is 2.42. The third-order valence-corrected chi connectivity index (χ3v) is 5.65. The van der Waals surface area contributed by atoms with Gasteiger partial charge in [0, 0.05) is 17.6 Å². The number of hydrogen-bond acceptors (Lipinski definition) is 4. The van der Waals surface area contributed by atoms with Gasteiger partial charge in [0.15, 0.2) is 0 Å². The van der Waals surface area contributed by atoms with Crippen LogP contribution in [0.25, 0.3) is 0 Å². The first kappa shape index (κ1) is 16.7. The Bertz CT molecular complexity index is 599. The fraction of sp³-hybridized carbons (Fsp3) is 0.571. The van der Waals surface area contributed by atoms with Crippen molar-refractivity contribution in [1.82, 2.24) is 4.72 Å². The first-order valence-electron chi connectivity index (χ1n) is 6.95. The summed E-state index contributed by atoms with van der Waals surface area (Å²) in [5, 5.41) is 9.04. The van der Waals surface area contributed by atoms with Crippen molar-refractivity contribution in [3.63, 3.8) is 0 Å². The second kappa shape index (κ2) is 6.64. The summed E-state index contributed by atoms with van der Waals surface area (Å²) in [5.74, 6) is 0.347. The fourth-order valence-electron chi connectivity index (χ4n) is 2.22. The first-order valence-corrected chi connectivity index (χ1v) is 9.23. The predicted octanol–water partition coefficient (Wildman–Crippen LogP) is 2.29. The SMILES string of the molecule is CCOc1ccc(Br)cc1S(=O)(=O)NCC1(CCO)CC1. The molecule has 5 nitrogen and oxygen atoms in total. The summed E-state index contributed by atoms with van der Waals surface area (Å²) in [6, 6.07) is 4.93.